The maximum Gasteiger partial charge on any atom is 0.141 e. The van der Waals surface area contributed by atoms with Crippen LogP contribution in [0.3, 0.4) is 0 Å². The van der Waals surface area contributed by atoms with E-state index in [9.17, 15) is 0 Å². The zero-order chi connectivity index (χ0) is 13.7. The minimum atomic E-state index is 0.445. The van der Waals surface area contributed by atoms with E-state index in [1.54, 1.807) is 6.33 Å². The Morgan fingerprint density at radius 2 is 1.84 bits per heavy atom. The molecule has 1 N–H and O–H groups in total. The third-order valence-electron chi connectivity index (χ3n) is 2.72. The molecule has 98 valence electrons. The van der Waals surface area contributed by atoms with Crippen LogP contribution in [0.15, 0.2) is 36.7 Å². The van der Waals surface area contributed by atoms with Gasteiger partial charge in [-0.15, -0.1) is 0 Å². The van der Waals surface area contributed by atoms with Crippen molar-refractivity contribution in [1.82, 2.24) is 9.97 Å². The maximum absolute atomic E-state index is 4.36. The molecule has 0 saturated carbocycles. The van der Waals surface area contributed by atoms with Gasteiger partial charge in [0, 0.05) is 10.9 Å². The molecule has 2 rings (SSSR count). The molecule has 0 atom stereocenters. The number of anilines is 2. The van der Waals surface area contributed by atoms with E-state index in [2.05, 4.69) is 35.2 Å². The summed E-state index contributed by atoms with van der Waals surface area (Å²) in [4.78, 5) is 8.68. The molecule has 3 nitrogen and oxygen atoms in total. The lowest BCUT2D eigenvalue weighted by atomic mass is 10.1. The lowest BCUT2D eigenvalue weighted by Crippen LogP contribution is -2.31. The first kappa shape index (κ1) is 13.3. The molecular weight excluding hydrogens is 234 g/mol. The van der Waals surface area contributed by atoms with Gasteiger partial charge in [-0.2, -0.15) is 0 Å². The Kier molecular flexibility index (Phi) is 4.29. The fourth-order valence-electron chi connectivity index (χ4n) is 1.89. The number of hydrogen-bond acceptors (Lipinski definition) is 3. The van der Waals surface area contributed by atoms with Crippen molar-refractivity contribution in [2.24, 2.45) is 5.92 Å². The molecule has 1 aromatic heterocycles. The summed E-state index contributed by atoms with van der Waals surface area (Å²) in [5.41, 5.74) is 1.03. The van der Waals surface area contributed by atoms with E-state index in [0.717, 1.165) is 22.1 Å². The molecule has 1 heterocycles. The highest BCUT2D eigenvalue weighted by atomic mass is 15.0. The average molecular weight is 253 g/mol. The molecule has 0 amide bonds. The Hall–Kier alpha value is -2.16. The van der Waals surface area contributed by atoms with Crippen LogP contribution in [0.1, 0.15) is 20.8 Å². The first-order valence-corrected chi connectivity index (χ1v) is 6.52. The lowest BCUT2D eigenvalue weighted by molar-refractivity contribution is 0.877. The van der Waals surface area contributed by atoms with E-state index >= 15 is 0 Å². The van der Waals surface area contributed by atoms with Crippen molar-refractivity contribution < 1.29 is 0 Å². The Labute approximate surface area is 113 Å². The van der Waals surface area contributed by atoms with Crippen LogP contribution in [0.5, 0.6) is 0 Å². The summed E-state index contributed by atoms with van der Waals surface area (Å²) < 4.78 is 0. The number of para-hydroxylation sites is 1. The van der Waals surface area contributed by atoms with Gasteiger partial charge in [-0.1, -0.05) is 44.2 Å². The number of hydrogen-bond donors (Lipinski definition) is 1. The van der Waals surface area contributed by atoms with E-state index < -0.39 is 0 Å². The van der Waals surface area contributed by atoms with Gasteiger partial charge in [0.25, 0.3) is 0 Å². The predicted octanol–water partition coefficient (Wildman–Crippen LogP) is 2.46. The monoisotopic (exact) mass is 253 g/mol. The molecule has 0 saturated heterocycles. The summed E-state index contributed by atoms with van der Waals surface area (Å²) in [7, 11) is 0. The molecule has 0 aliphatic heterocycles. The van der Waals surface area contributed by atoms with Crippen LogP contribution in [0, 0.1) is 5.92 Å². The average Bonchev–Trinajstić information content (AvgIpc) is 2.41. The molecule has 2 aromatic rings. The fraction of sp³-hybridized carbons (Fsp3) is 0.250. The molecule has 0 unspecified atom stereocenters. The van der Waals surface area contributed by atoms with Crippen LogP contribution in [0.25, 0.3) is 12.2 Å². The highest BCUT2D eigenvalue weighted by molar-refractivity contribution is 5.57. The van der Waals surface area contributed by atoms with Gasteiger partial charge in [0.05, 0.1) is 5.35 Å². The molecule has 3 heteroatoms. The minimum Gasteiger partial charge on any atom is -0.340 e. The molecule has 0 bridgehead atoms. The van der Waals surface area contributed by atoms with Crippen molar-refractivity contribution in [3.63, 3.8) is 0 Å². The quantitative estimate of drug-likeness (QED) is 0.913. The lowest BCUT2D eigenvalue weighted by Gasteiger charge is -2.07. The second-order valence-electron chi connectivity index (χ2n) is 4.71. The zero-order valence-corrected chi connectivity index (χ0v) is 11.6. The van der Waals surface area contributed by atoms with E-state index in [1.165, 1.54) is 0 Å². The number of benzene rings is 1. The highest BCUT2D eigenvalue weighted by Gasteiger charge is 2.01. The summed E-state index contributed by atoms with van der Waals surface area (Å²) in [6.45, 7) is 6.30. The third-order valence-corrected chi connectivity index (χ3v) is 2.72. The van der Waals surface area contributed by atoms with Crippen LogP contribution in [-0.2, 0) is 0 Å². The zero-order valence-electron chi connectivity index (χ0n) is 11.6. The van der Waals surface area contributed by atoms with Gasteiger partial charge in [-0.05, 0) is 25.0 Å². The Morgan fingerprint density at radius 3 is 2.47 bits per heavy atom. The summed E-state index contributed by atoms with van der Waals surface area (Å²) in [5, 5.41) is 5.37. The summed E-state index contributed by atoms with van der Waals surface area (Å²) in [5.74, 6) is 1.30. The van der Waals surface area contributed by atoms with Gasteiger partial charge in [0.2, 0.25) is 0 Å². The van der Waals surface area contributed by atoms with E-state index in [0.29, 0.717) is 5.92 Å². The van der Waals surface area contributed by atoms with Crippen molar-refractivity contribution in [3.05, 3.63) is 47.2 Å². The number of rotatable bonds is 3. The topological polar surface area (TPSA) is 37.8 Å². The van der Waals surface area contributed by atoms with Gasteiger partial charge in [0.1, 0.15) is 12.1 Å². The molecule has 0 aliphatic carbocycles. The molecule has 0 fully saturated rings. The van der Waals surface area contributed by atoms with Crippen molar-refractivity contribution >= 4 is 23.7 Å². The number of nitrogens with zero attached hydrogens (tertiary/aromatic N) is 2. The van der Waals surface area contributed by atoms with Crippen LogP contribution < -0.4 is 15.9 Å². The second kappa shape index (κ2) is 6.14. The molecule has 0 radical (unpaired) electrons. The van der Waals surface area contributed by atoms with Gasteiger partial charge < -0.3 is 5.32 Å². The number of nitrogens with one attached hydrogen (secondary N) is 1. The van der Waals surface area contributed by atoms with Crippen LogP contribution in [0.4, 0.5) is 11.5 Å². The summed E-state index contributed by atoms with van der Waals surface area (Å²) in [6.07, 6.45) is 5.78. The van der Waals surface area contributed by atoms with Crippen LogP contribution in [0.2, 0.25) is 0 Å². The summed E-state index contributed by atoms with van der Waals surface area (Å²) >= 11 is 0. The van der Waals surface area contributed by atoms with Crippen molar-refractivity contribution in [3.8, 4) is 0 Å². The van der Waals surface area contributed by atoms with Gasteiger partial charge >= 0.3 is 0 Å². The summed E-state index contributed by atoms with van der Waals surface area (Å²) in [6, 6.07) is 10.1. The SMILES string of the molecule is C/C=c1/ncnc(Nc2ccccc2)/c1=C/C(C)C. The molecular formula is C16H19N3. The van der Waals surface area contributed by atoms with Crippen molar-refractivity contribution in [2.45, 2.75) is 20.8 Å². The van der Waals surface area contributed by atoms with E-state index in [4.69, 9.17) is 0 Å². The highest BCUT2D eigenvalue weighted by Crippen LogP contribution is 2.09. The van der Waals surface area contributed by atoms with E-state index in [1.807, 2.05) is 43.3 Å². The molecule has 0 spiro atoms. The predicted molar refractivity (Wildman–Crippen MR) is 80.4 cm³/mol. The van der Waals surface area contributed by atoms with E-state index in [-0.39, 0.29) is 0 Å². The molecule has 19 heavy (non-hydrogen) atoms. The second-order valence-corrected chi connectivity index (χ2v) is 4.71. The van der Waals surface area contributed by atoms with Crippen LogP contribution >= 0.6 is 0 Å². The van der Waals surface area contributed by atoms with Crippen molar-refractivity contribution in [2.75, 3.05) is 5.32 Å². The first-order valence-electron chi connectivity index (χ1n) is 6.52. The van der Waals surface area contributed by atoms with Crippen LogP contribution in [-0.4, -0.2) is 9.97 Å². The minimum absolute atomic E-state index is 0.445. The smallest absolute Gasteiger partial charge is 0.141 e. The van der Waals surface area contributed by atoms with Crippen molar-refractivity contribution in [1.29, 1.82) is 0 Å². The van der Waals surface area contributed by atoms with Gasteiger partial charge in [-0.25, -0.2) is 9.97 Å². The standard InChI is InChI=1S/C16H19N3/c1-4-15-14(10-12(2)3)16(18-11-17-15)19-13-8-6-5-7-9-13/h4-12H,1-3H3,(H,17,18,19)/b14-10+,15-4+. The number of aromatic nitrogens is 2. The van der Waals surface area contributed by atoms with Gasteiger partial charge in [0.15, 0.2) is 0 Å². The third kappa shape index (κ3) is 3.41. The fourth-order valence-corrected chi connectivity index (χ4v) is 1.89. The normalized spacial score (nSPS) is 13.1. The maximum atomic E-state index is 4.36. The molecule has 1 aromatic carbocycles. The molecule has 0 aliphatic rings. The Bertz CT molecular complexity index is 645. The first-order chi connectivity index (χ1) is 9.20. The van der Waals surface area contributed by atoms with Gasteiger partial charge in [-0.3, -0.25) is 0 Å². The largest absolute Gasteiger partial charge is 0.340 e. The Morgan fingerprint density at radius 1 is 1.11 bits per heavy atom. The Balaban J connectivity index is 2.52.